The van der Waals surface area contributed by atoms with Crippen molar-refractivity contribution in [2.24, 2.45) is 0 Å². The molecule has 0 amide bonds. The molecule has 0 unspecified atom stereocenters. The van der Waals surface area contributed by atoms with E-state index in [4.69, 9.17) is 6.42 Å². The van der Waals surface area contributed by atoms with E-state index in [1.165, 1.54) is 0 Å². The highest BCUT2D eigenvalue weighted by atomic mass is 32.2. The van der Waals surface area contributed by atoms with E-state index in [9.17, 15) is 8.42 Å². The zero-order chi connectivity index (χ0) is 9.12. The fourth-order valence-corrected chi connectivity index (χ4v) is 1.06. The number of hydrogen-bond donors (Lipinski definition) is 1. The third kappa shape index (κ3) is 2.91. The molecule has 0 radical (unpaired) electrons. The molecule has 0 aliphatic carbocycles. The van der Waals surface area contributed by atoms with Crippen molar-refractivity contribution in [3.8, 4) is 12.3 Å². The summed E-state index contributed by atoms with van der Waals surface area (Å²) in [7, 11) is -3.25. The van der Waals surface area contributed by atoms with Gasteiger partial charge in [0.2, 0.25) is 10.0 Å². The second-order valence-electron chi connectivity index (χ2n) is 3.14. The van der Waals surface area contributed by atoms with Gasteiger partial charge in [0.25, 0.3) is 0 Å². The maximum Gasteiger partial charge on any atom is 0.217 e. The van der Waals surface area contributed by atoms with Crippen molar-refractivity contribution in [2.75, 3.05) is 6.54 Å². The Balaban J connectivity index is 4.41. The molecule has 0 saturated carbocycles. The lowest BCUT2D eigenvalue weighted by atomic mass is 10.3. The fraction of sp³-hybridized carbons (Fsp3) is 0.714. The van der Waals surface area contributed by atoms with Gasteiger partial charge in [0.15, 0.2) is 0 Å². The van der Waals surface area contributed by atoms with E-state index in [0.717, 1.165) is 0 Å². The largest absolute Gasteiger partial charge is 0.217 e. The van der Waals surface area contributed by atoms with Crippen molar-refractivity contribution < 1.29 is 8.42 Å². The highest BCUT2D eigenvalue weighted by Gasteiger charge is 2.27. The van der Waals surface area contributed by atoms with Gasteiger partial charge in [0.05, 0.1) is 11.3 Å². The summed E-state index contributed by atoms with van der Waals surface area (Å²) in [4.78, 5) is 0. The predicted octanol–water partition coefficient (Wildman–Crippen LogP) is 0.337. The molecule has 0 aliphatic heterocycles. The van der Waals surface area contributed by atoms with Gasteiger partial charge in [-0.3, -0.25) is 0 Å². The average Bonchev–Trinajstić information content (AvgIpc) is 1.81. The second kappa shape index (κ2) is 3.24. The minimum absolute atomic E-state index is 0.0552. The summed E-state index contributed by atoms with van der Waals surface area (Å²) >= 11 is 0. The number of rotatable bonds is 2. The minimum atomic E-state index is -3.25. The van der Waals surface area contributed by atoms with Crippen molar-refractivity contribution in [3.63, 3.8) is 0 Å². The van der Waals surface area contributed by atoms with E-state index in [0.29, 0.717) is 0 Å². The van der Waals surface area contributed by atoms with Crippen molar-refractivity contribution in [1.29, 1.82) is 0 Å². The van der Waals surface area contributed by atoms with Crippen molar-refractivity contribution in [2.45, 2.75) is 25.5 Å². The molecule has 0 aromatic carbocycles. The molecule has 0 spiro atoms. The van der Waals surface area contributed by atoms with E-state index >= 15 is 0 Å². The monoisotopic (exact) mass is 175 g/mol. The Morgan fingerprint density at radius 1 is 1.45 bits per heavy atom. The molecule has 3 nitrogen and oxygen atoms in total. The molecule has 0 heterocycles. The quantitative estimate of drug-likeness (QED) is 0.615. The molecule has 0 aromatic heterocycles. The summed E-state index contributed by atoms with van der Waals surface area (Å²) in [6, 6.07) is 0. The van der Waals surface area contributed by atoms with Crippen LogP contribution in [-0.2, 0) is 10.0 Å². The predicted molar refractivity (Wildman–Crippen MR) is 45.5 cm³/mol. The molecule has 1 N–H and O–H groups in total. The van der Waals surface area contributed by atoms with Crippen LogP contribution in [0.15, 0.2) is 0 Å². The van der Waals surface area contributed by atoms with Crippen LogP contribution < -0.4 is 4.72 Å². The maximum atomic E-state index is 11.2. The highest BCUT2D eigenvalue weighted by molar-refractivity contribution is 7.90. The van der Waals surface area contributed by atoms with Gasteiger partial charge >= 0.3 is 0 Å². The van der Waals surface area contributed by atoms with E-state index in [2.05, 4.69) is 10.6 Å². The molecule has 64 valence electrons. The molecule has 4 heteroatoms. The topological polar surface area (TPSA) is 46.2 Å². The summed E-state index contributed by atoms with van der Waals surface area (Å²) in [6.45, 7) is 4.91. The Morgan fingerprint density at radius 2 is 1.91 bits per heavy atom. The minimum Gasteiger partial charge on any atom is -0.212 e. The summed E-state index contributed by atoms with van der Waals surface area (Å²) in [6.07, 6.45) is 4.90. The van der Waals surface area contributed by atoms with Crippen molar-refractivity contribution in [1.82, 2.24) is 4.72 Å². The van der Waals surface area contributed by atoms with Crippen LogP contribution in [0.1, 0.15) is 20.8 Å². The summed E-state index contributed by atoms with van der Waals surface area (Å²) < 4.78 is 23.9. The Labute approximate surface area is 68.2 Å². The van der Waals surface area contributed by atoms with Crippen LogP contribution >= 0.6 is 0 Å². The zero-order valence-electron chi connectivity index (χ0n) is 7.01. The van der Waals surface area contributed by atoms with E-state index in [1.807, 2.05) is 0 Å². The molecule has 0 bridgehead atoms. The number of sulfonamides is 1. The molecule has 0 rings (SSSR count). The number of hydrogen-bond acceptors (Lipinski definition) is 2. The Bertz CT molecular complexity index is 253. The van der Waals surface area contributed by atoms with Crippen LogP contribution in [0, 0.1) is 12.3 Å². The molecular weight excluding hydrogens is 162 g/mol. The van der Waals surface area contributed by atoms with Gasteiger partial charge in [-0.05, 0) is 20.8 Å². The molecule has 0 saturated heterocycles. The fourth-order valence-electron chi connectivity index (χ4n) is 0.353. The molecule has 0 atom stereocenters. The first-order chi connectivity index (χ1) is 4.81. The summed E-state index contributed by atoms with van der Waals surface area (Å²) in [5, 5.41) is 0. The number of terminal acetylenes is 1. The van der Waals surface area contributed by atoms with Gasteiger partial charge < -0.3 is 0 Å². The molecule has 0 aliphatic rings. The lowest BCUT2D eigenvalue weighted by Crippen LogP contribution is -2.39. The van der Waals surface area contributed by atoms with Gasteiger partial charge in [-0.2, -0.15) is 0 Å². The van der Waals surface area contributed by atoms with E-state index in [1.54, 1.807) is 20.8 Å². The Morgan fingerprint density at radius 3 is 2.18 bits per heavy atom. The normalized spacial score (nSPS) is 12.5. The summed E-state index contributed by atoms with van der Waals surface area (Å²) in [5.41, 5.74) is 0. The third-order valence-corrected chi connectivity index (χ3v) is 3.31. The van der Waals surface area contributed by atoms with Gasteiger partial charge in [-0.1, -0.05) is 5.92 Å². The second-order valence-corrected chi connectivity index (χ2v) is 5.66. The lowest BCUT2D eigenvalue weighted by molar-refractivity contribution is 0.549. The zero-order valence-corrected chi connectivity index (χ0v) is 7.83. The van der Waals surface area contributed by atoms with Crippen LogP contribution in [0.4, 0.5) is 0 Å². The third-order valence-electron chi connectivity index (χ3n) is 1.17. The molecule has 0 aromatic rings. The summed E-state index contributed by atoms with van der Waals surface area (Å²) in [5.74, 6) is 2.21. The van der Waals surface area contributed by atoms with Gasteiger partial charge in [0.1, 0.15) is 0 Å². The van der Waals surface area contributed by atoms with E-state index in [-0.39, 0.29) is 6.54 Å². The molecule has 0 fully saturated rings. The van der Waals surface area contributed by atoms with Gasteiger partial charge in [-0.15, -0.1) is 6.42 Å². The highest BCUT2D eigenvalue weighted by Crippen LogP contribution is 2.12. The average molecular weight is 175 g/mol. The van der Waals surface area contributed by atoms with Crippen LogP contribution in [-0.4, -0.2) is 19.7 Å². The standard InChI is InChI=1S/C7H13NO2S/c1-5-6-8-11(9,10)7(2,3)4/h1,8H,6H2,2-4H3. The molecular formula is C7H13NO2S. The lowest BCUT2D eigenvalue weighted by Gasteiger charge is -2.18. The van der Waals surface area contributed by atoms with Crippen molar-refractivity contribution in [3.05, 3.63) is 0 Å². The maximum absolute atomic E-state index is 11.2. The van der Waals surface area contributed by atoms with E-state index < -0.39 is 14.8 Å². The van der Waals surface area contributed by atoms with Crippen LogP contribution in [0.3, 0.4) is 0 Å². The number of nitrogens with one attached hydrogen (secondary N) is 1. The van der Waals surface area contributed by atoms with Crippen LogP contribution in [0.2, 0.25) is 0 Å². The first kappa shape index (κ1) is 10.5. The van der Waals surface area contributed by atoms with Crippen molar-refractivity contribution >= 4 is 10.0 Å². The smallest absolute Gasteiger partial charge is 0.212 e. The van der Waals surface area contributed by atoms with Gasteiger partial charge in [0, 0.05) is 0 Å². The first-order valence-corrected chi connectivity index (χ1v) is 4.72. The van der Waals surface area contributed by atoms with Gasteiger partial charge in [-0.25, -0.2) is 13.1 Å². The first-order valence-electron chi connectivity index (χ1n) is 3.24. The Kier molecular flexibility index (Phi) is 3.09. The SMILES string of the molecule is C#CCNS(=O)(=O)C(C)(C)C. The molecule has 11 heavy (non-hydrogen) atoms. The van der Waals surface area contributed by atoms with Crippen LogP contribution in [0.25, 0.3) is 0 Å². The van der Waals surface area contributed by atoms with Crippen LogP contribution in [0.5, 0.6) is 0 Å². The Hall–Kier alpha value is -0.530.